The van der Waals surface area contributed by atoms with Crippen molar-refractivity contribution >= 4 is 7.82 Å². The van der Waals surface area contributed by atoms with Gasteiger partial charge in [0.25, 0.3) is 0 Å². The molecule has 0 aliphatic rings. The van der Waals surface area contributed by atoms with E-state index in [9.17, 15) is 19.5 Å². The standard InChI is InChI=1S/C18H39O8P/c1-4-6-11-23-14-9-18(26-27(20,21)22,10-15-24-12-7-5-2)16-25-13-8-17(3)19/h17,19H,4-16H2,1-3H3,(H2,20,21,22). The van der Waals surface area contributed by atoms with Crippen LogP contribution in [0.1, 0.15) is 65.7 Å². The summed E-state index contributed by atoms with van der Waals surface area (Å²) in [6.07, 6.45) is 4.38. The average Bonchev–Trinajstić information content (AvgIpc) is 2.57. The Morgan fingerprint density at radius 2 is 1.41 bits per heavy atom. The fourth-order valence-electron chi connectivity index (χ4n) is 2.36. The Morgan fingerprint density at radius 1 is 0.889 bits per heavy atom. The number of aliphatic hydroxyl groups is 1. The van der Waals surface area contributed by atoms with Gasteiger partial charge in [0.05, 0.1) is 12.7 Å². The van der Waals surface area contributed by atoms with Gasteiger partial charge in [-0.1, -0.05) is 26.7 Å². The van der Waals surface area contributed by atoms with E-state index in [1.165, 1.54) is 0 Å². The highest BCUT2D eigenvalue weighted by Gasteiger charge is 2.38. The predicted molar refractivity (Wildman–Crippen MR) is 104 cm³/mol. The SMILES string of the molecule is CCCCOCCC(CCOCCCC)(COCCC(C)O)OP(=O)(O)O. The molecule has 8 nitrogen and oxygen atoms in total. The molecule has 0 amide bonds. The third-order valence-electron chi connectivity index (χ3n) is 4.05. The highest BCUT2D eigenvalue weighted by Crippen LogP contribution is 2.44. The summed E-state index contributed by atoms with van der Waals surface area (Å²) in [5, 5.41) is 9.34. The summed E-state index contributed by atoms with van der Waals surface area (Å²) in [7, 11) is -4.72. The summed E-state index contributed by atoms with van der Waals surface area (Å²) in [6.45, 7) is 7.88. The van der Waals surface area contributed by atoms with Crippen LogP contribution in [-0.2, 0) is 23.3 Å². The monoisotopic (exact) mass is 414 g/mol. The first kappa shape index (κ1) is 27.0. The van der Waals surface area contributed by atoms with Crippen LogP contribution >= 0.6 is 7.82 Å². The zero-order valence-corrected chi connectivity index (χ0v) is 18.0. The molecule has 0 saturated carbocycles. The molecule has 0 aliphatic carbocycles. The lowest BCUT2D eigenvalue weighted by Crippen LogP contribution is -2.40. The number of aliphatic hydroxyl groups excluding tert-OH is 1. The Hall–Kier alpha value is -0.0500. The van der Waals surface area contributed by atoms with E-state index in [0.717, 1.165) is 25.7 Å². The van der Waals surface area contributed by atoms with E-state index < -0.39 is 19.5 Å². The summed E-state index contributed by atoms with van der Waals surface area (Å²) >= 11 is 0. The Morgan fingerprint density at radius 3 is 1.81 bits per heavy atom. The molecule has 0 fully saturated rings. The zero-order valence-electron chi connectivity index (χ0n) is 17.1. The van der Waals surface area contributed by atoms with Crippen molar-refractivity contribution in [3.8, 4) is 0 Å². The smallest absolute Gasteiger partial charge is 0.393 e. The van der Waals surface area contributed by atoms with Crippen molar-refractivity contribution in [3.63, 3.8) is 0 Å². The summed E-state index contributed by atoms with van der Waals surface area (Å²) < 4.78 is 33.4. The molecule has 0 bridgehead atoms. The van der Waals surface area contributed by atoms with Crippen molar-refractivity contribution in [2.75, 3.05) is 39.6 Å². The fourth-order valence-corrected chi connectivity index (χ4v) is 3.10. The average molecular weight is 414 g/mol. The maximum atomic E-state index is 11.6. The topological polar surface area (TPSA) is 115 Å². The summed E-state index contributed by atoms with van der Waals surface area (Å²) in [4.78, 5) is 18.8. The van der Waals surface area contributed by atoms with Crippen LogP contribution in [0.25, 0.3) is 0 Å². The lowest BCUT2D eigenvalue weighted by atomic mass is 9.97. The van der Waals surface area contributed by atoms with Gasteiger partial charge in [-0.05, 0) is 26.2 Å². The van der Waals surface area contributed by atoms with Crippen LogP contribution in [0, 0.1) is 0 Å². The van der Waals surface area contributed by atoms with Gasteiger partial charge in [-0.15, -0.1) is 0 Å². The largest absolute Gasteiger partial charge is 0.470 e. The third kappa shape index (κ3) is 16.6. The van der Waals surface area contributed by atoms with Crippen molar-refractivity contribution < 1.29 is 38.2 Å². The minimum Gasteiger partial charge on any atom is -0.393 e. The summed E-state index contributed by atoms with van der Waals surface area (Å²) in [5.41, 5.74) is -1.20. The highest BCUT2D eigenvalue weighted by atomic mass is 31.2. The van der Waals surface area contributed by atoms with Crippen molar-refractivity contribution in [1.29, 1.82) is 0 Å². The maximum Gasteiger partial charge on any atom is 0.470 e. The van der Waals surface area contributed by atoms with Gasteiger partial charge in [-0.3, -0.25) is 4.52 Å². The second kappa shape index (κ2) is 15.8. The third-order valence-corrected chi connectivity index (χ3v) is 4.67. The highest BCUT2D eigenvalue weighted by molar-refractivity contribution is 7.46. The molecule has 164 valence electrons. The molecule has 0 aliphatic heterocycles. The van der Waals surface area contributed by atoms with Crippen molar-refractivity contribution in [2.45, 2.75) is 77.4 Å². The Balaban J connectivity index is 4.85. The van der Waals surface area contributed by atoms with Gasteiger partial charge in [0, 0.05) is 45.9 Å². The van der Waals surface area contributed by atoms with Crippen LogP contribution in [0.4, 0.5) is 0 Å². The molecule has 0 saturated heterocycles. The Kier molecular flexibility index (Phi) is 15.8. The minimum absolute atomic E-state index is 0.000887. The van der Waals surface area contributed by atoms with Crippen LogP contribution < -0.4 is 0 Å². The Bertz CT molecular complexity index is 372. The molecule has 0 rings (SSSR count). The van der Waals surface area contributed by atoms with Crippen molar-refractivity contribution in [1.82, 2.24) is 0 Å². The molecule has 1 unspecified atom stereocenters. The van der Waals surface area contributed by atoms with Crippen LogP contribution in [0.2, 0.25) is 0 Å². The van der Waals surface area contributed by atoms with Gasteiger partial charge in [-0.25, -0.2) is 4.57 Å². The van der Waals surface area contributed by atoms with E-state index in [2.05, 4.69) is 13.8 Å². The van der Waals surface area contributed by atoms with Crippen LogP contribution in [0.5, 0.6) is 0 Å². The zero-order chi connectivity index (χ0) is 20.6. The van der Waals surface area contributed by atoms with Crippen LogP contribution in [0.3, 0.4) is 0 Å². The van der Waals surface area contributed by atoms with Crippen LogP contribution in [-0.4, -0.2) is 66.2 Å². The number of hydrogen-bond donors (Lipinski definition) is 3. The van der Waals surface area contributed by atoms with E-state index in [-0.39, 0.29) is 26.1 Å². The fraction of sp³-hybridized carbons (Fsp3) is 1.00. The van der Waals surface area contributed by atoms with Gasteiger partial charge in [-0.2, -0.15) is 0 Å². The number of rotatable bonds is 19. The first-order valence-electron chi connectivity index (χ1n) is 9.92. The van der Waals surface area contributed by atoms with Crippen LogP contribution in [0.15, 0.2) is 0 Å². The predicted octanol–water partition coefficient (Wildman–Crippen LogP) is 3.04. The lowest BCUT2D eigenvalue weighted by molar-refractivity contribution is -0.0796. The first-order chi connectivity index (χ1) is 12.7. The lowest BCUT2D eigenvalue weighted by Gasteiger charge is -2.33. The molecular weight excluding hydrogens is 375 g/mol. The molecule has 0 aromatic heterocycles. The van der Waals surface area contributed by atoms with E-state index >= 15 is 0 Å². The molecule has 0 aromatic rings. The van der Waals surface area contributed by atoms with E-state index in [1.807, 2.05) is 0 Å². The quantitative estimate of drug-likeness (QED) is 0.218. The Labute approximate surface area is 163 Å². The molecule has 27 heavy (non-hydrogen) atoms. The summed E-state index contributed by atoms with van der Waals surface area (Å²) in [6, 6.07) is 0. The van der Waals surface area contributed by atoms with Crippen molar-refractivity contribution in [3.05, 3.63) is 0 Å². The number of hydrogen-bond acceptors (Lipinski definition) is 6. The second-order valence-electron chi connectivity index (χ2n) is 6.89. The molecule has 0 aromatic carbocycles. The van der Waals surface area contributed by atoms with Gasteiger partial charge < -0.3 is 29.1 Å². The molecule has 3 N–H and O–H groups in total. The summed E-state index contributed by atoms with van der Waals surface area (Å²) in [5.74, 6) is 0. The van der Waals surface area contributed by atoms with Crippen molar-refractivity contribution in [2.24, 2.45) is 0 Å². The molecule has 0 heterocycles. The molecule has 0 spiro atoms. The number of unbranched alkanes of at least 4 members (excludes halogenated alkanes) is 2. The number of phosphoric ester groups is 1. The molecule has 1 atom stereocenters. The van der Waals surface area contributed by atoms with Gasteiger partial charge >= 0.3 is 7.82 Å². The number of phosphoric acid groups is 1. The minimum atomic E-state index is -4.72. The maximum absolute atomic E-state index is 11.6. The van der Waals surface area contributed by atoms with Gasteiger partial charge in [0.15, 0.2) is 0 Å². The van der Waals surface area contributed by atoms with Gasteiger partial charge in [0.1, 0.15) is 5.60 Å². The molecule has 9 heteroatoms. The van der Waals surface area contributed by atoms with E-state index in [0.29, 0.717) is 32.8 Å². The second-order valence-corrected chi connectivity index (χ2v) is 8.05. The molecular formula is C18H39O8P. The van der Waals surface area contributed by atoms with E-state index in [1.54, 1.807) is 6.92 Å². The van der Waals surface area contributed by atoms with Gasteiger partial charge in [0.2, 0.25) is 0 Å². The number of ether oxygens (including phenoxy) is 3. The first-order valence-corrected chi connectivity index (χ1v) is 11.5. The van der Waals surface area contributed by atoms with E-state index in [4.69, 9.17) is 18.7 Å². The normalized spacial score (nSPS) is 13.9. The molecule has 0 radical (unpaired) electrons.